The van der Waals surface area contributed by atoms with Crippen molar-refractivity contribution in [1.29, 1.82) is 0 Å². The minimum atomic E-state index is -4.75. The summed E-state index contributed by atoms with van der Waals surface area (Å²) in [6.07, 6.45) is -3.36. The smallest absolute Gasteiger partial charge is 0.356 e. The van der Waals surface area contributed by atoms with Crippen LogP contribution in [0.3, 0.4) is 0 Å². The second-order valence-corrected chi connectivity index (χ2v) is 4.67. The average molecular weight is 336 g/mol. The first kappa shape index (κ1) is 17.2. The van der Waals surface area contributed by atoms with Gasteiger partial charge in [-0.05, 0) is 12.1 Å². The largest absolute Gasteiger partial charge is 0.417 e. The molecule has 0 unspecified atom stereocenters. The number of rotatable bonds is 5. The van der Waals surface area contributed by atoms with Crippen molar-refractivity contribution < 1.29 is 22.9 Å². The Balaban J connectivity index is 2.56. The second kappa shape index (κ2) is 6.95. The van der Waals surface area contributed by atoms with Gasteiger partial charge >= 0.3 is 6.18 Å². The number of hydrogen-bond acceptors (Lipinski definition) is 4. The van der Waals surface area contributed by atoms with E-state index in [1.165, 1.54) is 30.3 Å². The molecular formula is C16H11F3N2O3. The highest BCUT2D eigenvalue weighted by Crippen LogP contribution is 2.36. The zero-order valence-corrected chi connectivity index (χ0v) is 12.1. The van der Waals surface area contributed by atoms with Gasteiger partial charge < -0.3 is 5.32 Å². The number of hydrogen-bond donors (Lipinski definition) is 1. The fourth-order valence-corrected chi connectivity index (χ4v) is 2.08. The Morgan fingerprint density at radius 1 is 1.08 bits per heavy atom. The molecule has 2 aromatic rings. The van der Waals surface area contributed by atoms with Gasteiger partial charge in [0.25, 0.3) is 0 Å². The number of nitrogens with one attached hydrogen (secondary N) is 1. The maximum Gasteiger partial charge on any atom is 0.417 e. The van der Waals surface area contributed by atoms with Crippen molar-refractivity contribution in [2.45, 2.75) is 6.18 Å². The number of benzene rings is 2. The van der Waals surface area contributed by atoms with Gasteiger partial charge in [0.05, 0.1) is 27.9 Å². The summed E-state index contributed by atoms with van der Waals surface area (Å²) in [6, 6.07) is 10.6. The van der Waals surface area contributed by atoms with Crippen LogP contribution in [0.15, 0.2) is 60.9 Å². The SMILES string of the molecule is O=C(c1ccccc1)c1c(NC=C[N+](=O)[O-])cccc1C(F)(F)F. The monoisotopic (exact) mass is 336 g/mol. The molecule has 8 heteroatoms. The number of ketones is 1. The third-order valence-corrected chi connectivity index (χ3v) is 3.07. The first-order chi connectivity index (χ1) is 11.3. The van der Waals surface area contributed by atoms with Gasteiger partial charge in [0.1, 0.15) is 0 Å². The van der Waals surface area contributed by atoms with Crippen LogP contribution in [0.4, 0.5) is 18.9 Å². The van der Waals surface area contributed by atoms with Crippen molar-refractivity contribution in [3.63, 3.8) is 0 Å². The van der Waals surface area contributed by atoms with E-state index in [4.69, 9.17) is 0 Å². The maximum absolute atomic E-state index is 13.2. The predicted octanol–water partition coefficient (Wildman–Crippen LogP) is 4.10. The first-order valence-corrected chi connectivity index (χ1v) is 6.67. The van der Waals surface area contributed by atoms with Crippen molar-refractivity contribution >= 4 is 11.5 Å². The van der Waals surface area contributed by atoms with Crippen molar-refractivity contribution in [1.82, 2.24) is 0 Å². The Hall–Kier alpha value is -3.16. The summed E-state index contributed by atoms with van der Waals surface area (Å²) in [6.45, 7) is 0. The zero-order valence-electron chi connectivity index (χ0n) is 12.1. The van der Waals surface area contributed by atoms with Crippen LogP contribution < -0.4 is 5.32 Å². The van der Waals surface area contributed by atoms with E-state index >= 15 is 0 Å². The van der Waals surface area contributed by atoms with E-state index in [1.807, 2.05) is 0 Å². The molecule has 0 spiro atoms. The molecule has 1 N–H and O–H groups in total. The molecule has 0 amide bonds. The molecule has 0 aliphatic heterocycles. The lowest BCUT2D eigenvalue weighted by molar-refractivity contribution is -0.402. The van der Waals surface area contributed by atoms with Gasteiger partial charge in [0.2, 0.25) is 6.20 Å². The van der Waals surface area contributed by atoms with E-state index in [0.717, 1.165) is 18.3 Å². The molecule has 0 fully saturated rings. The highest BCUT2D eigenvalue weighted by molar-refractivity contribution is 6.13. The molecule has 5 nitrogen and oxygen atoms in total. The van der Waals surface area contributed by atoms with E-state index < -0.39 is 28.0 Å². The van der Waals surface area contributed by atoms with Crippen LogP contribution in [0.2, 0.25) is 0 Å². The van der Waals surface area contributed by atoms with Gasteiger partial charge in [0.15, 0.2) is 5.78 Å². The summed E-state index contributed by atoms with van der Waals surface area (Å²) >= 11 is 0. The number of halogens is 3. The normalized spacial score (nSPS) is 11.5. The number of nitro groups is 1. The molecule has 0 saturated carbocycles. The molecule has 0 aromatic heterocycles. The number of anilines is 1. The summed E-state index contributed by atoms with van der Waals surface area (Å²) in [5, 5.41) is 12.7. The van der Waals surface area contributed by atoms with Gasteiger partial charge in [-0.25, -0.2) is 0 Å². The topological polar surface area (TPSA) is 72.2 Å². The highest BCUT2D eigenvalue weighted by Gasteiger charge is 2.36. The Kier molecular flexibility index (Phi) is 4.98. The molecule has 0 heterocycles. The fraction of sp³-hybridized carbons (Fsp3) is 0.0625. The van der Waals surface area contributed by atoms with E-state index in [2.05, 4.69) is 5.32 Å². The van der Waals surface area contributed by atoms with Gasteiger partial charge in [-0.1, -0.05) is 36.4 Å². The molecule has 124 valence electrons. The van der Waals surface area contributed by atoms with Crippen molar-refractivity contribution in [2.24, 2.45) is 0 Å². The van der Waals surface area contributed by atoms with Gasteiger partial charge in [-0.2, -0.15) is 13.2 Å². The van der Waals surface area contributed by atoms with E-state index in [1.54, 1.807) is 6.07 Å². The summed E-state index contributed by atoms with van der Waals surface area (Å²) in [5.41, 5.74) is -1.80. The Morgan fingerprint density at radius 3 is 2.33 bits per heavy atom. The molecule has 0 saturated heterocycles. The second-order valence-electron chi connectivity index (χ2n) is 4.67. The lowest BCUT2D eigenvalue weighted by atomic mass is 9.96. The molecule has 2 rings (SSSR count). The summed E-state index contributed by atoms with van der Waals surface area (Å²) in [5.74, 6) is -0.833. The summed E-state index contributed by atoms with van der Waals surface area (Å²) in [4.78, 5) is 22.0. The minimum Gasteiger partial charge on any atom is -0.356 e. The lowest BCUT2D eigenvalue weighted by Gasteiger charge is -2.16. The van der Waals surface area contributed by atoms with E-state index in [0.29, 0.717) is 6.20 Å². The fourth-order valence-electron chi connectivity index (χ4n) is 2.08. The Labute approximate surface area is 134 Å². The number of nitrogens with zero attached hydrogens (tertiary/aromatic N) is 1. The highest BCUT2D eigenvalue weighted by atomic mass is 19.4. The molecule has 0 bridgehead atoms. The van der Waals surface area contributed by atoms with Crippen LogP contribution in [0.1, 0.15) is 21.5 Å². The molecule has 24 heavy (non-hydrogen) atoms. The van der Waals surface area contributed by atoms with Gasteiger partial charge in [-0.15, -0.1) is 0 Å². The van der Waals surface area contributed by atoms with Crippen LogP contribution >= 0.6 is 0 Å². The zero-order chi connectivity index (χ0) is 17.7. The van der Waals surface area contributed by atoms with Crippen molar-refractivity contribution in [3.05, 3.63) is 87.7 Å². The molecule has 0 aliphatic carbocycles. The van der Waals surface area contributed by atoms with Gasteiger partial charge in [-0.3, -0.25) is 14.9 Å². The number of alkyl halides is 3. The van der Waals surface area contributed by atoms with E-state index in [-0.39, 0.29) is 11.3 Å². The van der Waals surface area contributed by atoms with E-state index in [9.17, 15) is 28.1 Å². The van der Waals surface area contributed by atoms with Crippen LogP contribution in [0.5, 0.6) is 0 Å². The van der Waals surface area contributed by atoms with Crippen molar-refractivity contribution in [2.75, 3.05) is 5.32 Å². The number of carbonyl (C=O) groups is 1. The Bertz CT molecular complexity index is 787. The van der Waals surface area contributed by atoms with Crippen LogP contribution in [-0.4, -0.2) is 10.7 Å². The molecule has 0 radical (unpaired) electrons. The van der Waals surface area contributed by atoms with Crippen molar-refractivity contribution in [3.8, 4) is 0 Å². The lowest BCUT2D eigenvalue weighted by Crippen LogP contribution is -2.16. The molecule has 2 aromatic carbocycles. The molecule has 0 aliphatic rings. The average Bonchev–Trinajstić information content (AvgIpc) is 2.53. The quantitative estimate of drug-likeness (QED) is 0.507. The van der Waals surface area contributed by atoms with Crippen LogP contribution in [-0.2, 0) is 6.18 Å². The predicted molar refractivity (Wildman–Crippen MR) is 81.1 cm³/mol. The standard InChI is InChI=1S/C16H11F3N2O3/c17-16(18,19)12-7-4-8-13(20-9-10-21(23)24)14(12)15(22)11-5-2-1-3-6-11/h1-10,20H. The van der Waals surface area contributed by atoms with Crippen LogP contribution in [0.25, 0.3) is 0 Å². The minimum absolute atomic E-state index is 0.0792. The first-order valence-electron chi connectivity index (χ1n) is 6.67. The van der Waals surface area contributed by atoms with Crippen LogP contribution in [0, 0.1) is 10.1 Å². The maximum atomic E-state index is 13.2. The molecular weight excluding hydrogens is 325 g/mol. The summed E-state index contributed by atoms with van der Waals surface area (Å²) in [7, 11) is 0. The summed E-state index contributed by atoms with van der Waals surface area (Å²) < 4.78 is 39.7. The van der Waals surface area contributed by atoms with Gasteiger partial charge in [0, 0.05) is 5.56 Å². The molecule has 0 atom stereocenters. The Morgan fingerprint density at radius 2 is 1.75 bits per heavy atom. The number of carbonyl (C=O) groups excluding carboxylic acids is 1. The third-order valence-electron chi connectivity index (χ3n) is 3.07. The third kappa shape index (κ3) is 3.97.